The minimum atomic E-state index is 1.02. The Bertz CT molecular complexity index is 1600. The topological polar surface area (TPSA) is 9.86 Å². The summed E-state index contributed by atoms with van der Waals surface area (Å²) in [5, 5.41) is 5.84. The molecule has 31 heavy (non-hydrogen) atoms. The van der Waals surface area contributed by atoms with E-state index in [1.807, 2.05) is 11.3 Å². The molecule has 0 unspecified atom stereocenters. The highest BCUT2D eigenvalue weighted by Gasteiger charge is 2.22. The molecule has 2 aliphatic rings. The monoisotopic (exact) mass is 422 g/mol. The number of hydrogen-bond acceptors (Lipinski definition) is 1. The largest absolute Gasteiger partial charge is 0.341 e. The zero-order valence-electron chi connectivity index (χ0n) is 18.2. The van der Waals surface area contributed by atoms with E-state index in [2.05, 4.69) is 71.6 Å². The molecule has 0 atom stereocenters. The molecule has 0 spiro atoms. The predicted octanol–water partition coefficient (Wildman–Crippen LogP) is 7.92. The molecule has 0 radical (unpaired) electrons. The third kappa shape index (κ3) is 2.22. The van der Waals surface area contributed by atoms with Gasteiger partial charge in [0.15, 0.2) is 0 Å². The van der Waals surface area contributed by atoms with Crippen molar-refractivity contribution in [3.05, 3.63) is 58.9 Å². The molecule has 3 aromatic heterocycles. The molecule has 0 amide bonds. The smallest absolute Gasteiger partial charge is 0.0502 e. The van der Waals surface area contributed by atoms with Crippen molar-refractivity contribution in [2.24, 2.45) is 0 Å². The van der Waals surface area contributed by atoms with Crippen LogP contribution in [-0.2, 0) is 25.9 Å². The fraction of sp³-hybridized carbons (Fsp3) is 0.286. The van der Waals surface area contributed by atoms with Crippen LogP contribution in [0.25, 0.3) is 54.1 Å². The summed E-state index contributed by atoms with van der Waals surface area (Å²) in [6.45, 7) is 6.59. The number of aryl methyl sites for hydroxylation is 4. The van der Waals surface area contributed by atoms with Crippen molar-refractivity contribution in [3.63, 3.8) is 0 Å². The Morgan fingerprint density at radius 2 is 1.48 bits per heavy atom. The third-order valence-electron chi connectivity index (χ3n) is 7.45. The first kappa shape index (κ1) is 17.9. The Morgan fingerprint density at radius 3 is 2.26 bits per heavy atom. The average molecular weight is 423 g/mol. The van der Waals surface area contributed by atoms with E-state index in [1.54, 1.807) is 11.1 Å². The first-order valence-corrected chi connectivity index (χ1v) is 12.5. The Hall–Kier alpha value is -2.78. The van der Waals surface area contributed by atoms with Crippen LogP contribution in [0.1, 0.15) is 49.2 Å². The second kappa shape index (κ2) is 6.37. The molecule has 0 aliphatic heterocycles. The summed E-state index contributed by atoms with van der Waals surface area (Å²) in [7, 11) is 0. The molecule has 5 aromatic rings. The molecule has 0 saturated carbocycles. The van der Waals surface area contributed by atoms with Crippen molar-refractivity contribution in [2.75, 3.05) is 0 Å². The van der Waals surface area contributed by atoms with Crippen molar-refractivity contribution in [1.29, 1.82) is 0 Å². The second-order valence-electron chi connectivity index (χ2n) is 8.90. The summed E-state index contributed by atoms with van der Waals surface area (Å²) < 4.78 is 7.93. The van der Waals surface area contributed by atoms with Crippen molar-refractivity contribution in [1.82, 2.24) is 9.13 Å². The minimum Gasteiger partial charge on any atom is -0.341 e. The third-order valence-corrected chi connectivity index (χ3v) is 8.64. The van der Waals surface area contributed by atoms with Crippen LogP contribution in [0.5, 0.6) is 0 Å². The predicted molar refractivity (Wildman–Crippen MR) is 136 cm³/mol. The van der Waals surface area contributed by atoms with Gasteiger partial charge < -0.3 is 9.13 Å². The van der Waals surface area contributed by atoms with Gasteiger partial charge in [0.2, 0.25) is 0 Å². The summed E-state index contributed by atoms with van der Waals surface area (Å²) >= 11 is 2.00. The molecule has 2 nitrogen and oxygen atoms in total. The van der Waals surface area contributed by atoms with Crippen LogP contribution in [-0.4, -0.2) is 9.13 Å². The van der Waals surface area contributed by atoms with E-state index >= 15 is 0 Å². The van der Waals surface area contributed by atoms with Gasteiger partial charge in [-0.25, -0.2) is 0 Å². The number of allylic oxidation sites excluding steroid dienone is 2. The van der Waals surface area contributed by atoms with Crippen LogP contribution in [0.4, 0.5) is 0 Å². The van der Waals surface area contributed by atoms with Gasteiger partial charge in [0.25, 0.3) is 0 Å². The lowest BCUT2D eigenvalue weighted by Crippen LogP contribution is -1.99. The summed E-state index contributed by atoms with van der Waals surface area (Å²) in [6.07, 6.45) is 14.0. The molecule has 0 fully saturated rings. The first-order valence-electron chi connectivity index (χ1n) is 11.7. The normalized spacial score (nSPS) is 15.5. The zero-order chi connectivity index (χ0) is 20.7. The molecular weight excluding hydrogens is 396 g/mol. The quantitative estimate of drug-likeness (QED) is 0.273. The first-order chi connectivity index (χ1) is 15.3. The van der Waals surface area contributed by atoms with Crippen molar-refractivity contribution < 1.29 is 0 Å². The van der Waals surface area contributed by atoms with Crippen molar-refractivity contribution in [2.45, 2.75) is 52.6 Å². The SMILES string of the molecule is CCn1c2c(c3cc4c(cc31)sc1c4ccc3c1c1c(n3CC)C=CCC1)CCC=C2. The number of aromatic nitrogens is 2. The summed E-state index contributed by atoms with van der Waals surface area (Å²) in [5.41, 5.74) is 8.77. The van der Waals surface area contributed by atoms with Gasteiger partial charge in [-0.05, 0) is 81.0 Å². The van der Waals surface area contributed by atoms with Crippen LogP contribution in [0.3, 0.4) is 0 Å². The van der Waals surface area contributed by atoms with E-state index in [9.17, 15) is 0 Å². The molecule has 0 bridgehead atoms. The lowest BCUT2D eigenvalue weighted by Gasteiger charge is -2.09. The molecule has 2 aliphatic carbocycles. The minimum absolute atomic E-state index is 1.02. The Morgan fingerprint density at radius 1 is 0.774 bits per heavy atom. The standard InChI is InChI=1S/C28H26N2S/c1-3-29-23-12-8-6-10-19(23)27-24(29)14-13-18-21-15-20-17-9-5-7-11-22(17)30(4-2)25(20)16-26(21)31-28(18)27/h7-8,11-16H,3-6,9-10H2,1-2H3. The maximum atomic E-state index is 2.51. The molecule has 0 N–H and O–H groups in total. The Kier molecular flexibility index (Phi) is 3.67. The average Bonchev–Trinajstić information content (AvgIpc) is 3.44. The molecule has 7 rings (SSSR count). The van der Waals surface area contributed by atoms with E-state index in [0.29, 0.717) is 0 Å². The maximum absolute atomic E-state index is 2.51. The highest BCUT2D eigenvalue weighted by Crippen LogP contribution is 2.45. The fourth-order valence-corrected chi connectivity index (χ4v) is 7.41. The number of benzene rings is 2. The molecule has 0 saturated heterocycles. The number of fused-ring (bicyclic) bond motifs is 10. The summed E-state index contributed by atoms with van der Waals surface area (Å²) in [6, 6.07) is 9.73. The highest BCUT2D eigenvalue weighted by molar-refractivity contribution is 7.26. The van der Waals surface area contributed by atoms with Gasteiger partial charge in [0, 0.05) is 55.4 Å². The second-order valence-corrected chi connectivity index (χ2v) is 9.95. The van der Waals surface area contributed by atoms with Crippen LogP contribution < -0.4 is 0 Å². The van der Waals surface area contributed by atoms with Crippen molar-refractivity contribution in [3.8, 4) is 0 Å². The van der Waals surface area contributed by atoms with Gasteiger partial charge in [0.1, 0.15) is 0 Å². The van der Waals surface area contributed by atoms with Crippen LogP contribution in [0.2, 0.25) is 0 Å². The maximum Gasteiger partial charge on any atom is 0.0502 e. The lowest BCUT2D eigenvalue weighted by atomic mass is 9.98. The van der Waals surface area contributed by atoms with Crippen LogP contribution >= 0.6 is 11.3 Å². The molecule has 3 heteroatoms. The van der Waals surface area contributed by atoms with E-state index in [4.69, 9.17) is 0 Å². The summed E-state index contributed by atoms with van der Waals surface area (Å²) in [4.78, 5) is 0. The number of rotatable bonds is 2. The van der Waals surface area contributed by atoms with Gasteiger partial charge >= 0.3 is 0 Å². The Labute approximate surface area is 186 Å². The van der Waals surface area contributed by atoms with Gasteiger partial charge in [-0.3, -0.25) is 0 Å². The molecule has 154 valence electrons. The van der Waals surface area contributed by atoms with Gasteiger partial charge in [-0.2, -0.15) is 0 Å². The van der Waals surface area contributed by atoms with Crippen LogP contribution in [0, 0.1) is 0 Å². The number of thiophene rings is 1. The van der Waals surface area contributed by atoms with Gasteiger partial charge in [0.05, 0.1) is 11.0 Å². The van der Waals surface area contributed by atoms with E-state index in [-0.39, 0.29) is 0 Å². The van der Waals surface area contributed by atoms with E-state index in [0.717, 1.165) is 38.8 Å². The lowest BCUT2D eigenvalue weighted by molar-refractivity contribution is 0.778. The van der Waals surface area contributed by atoms with Gasteiger partial charge in [-0.1, -0.05) is 18.2 Å². The number of nitrogens with zero attached hydrogens (tertiary/aromatic N) is 2. The zero-order valence-corrected chi connectivity index (χ0v) is 19.0. The molecular formula is C28H26N2S. The summed E-state index contributed by atoms with van der Waals surface area (Å²) in [5.74, 6) is 0. The van der Waals surface area contributed by atoms with Crippen molar-refractivity contribution >= 4 is 65.5 Å². The molecule has 3 heterocycles. The number of hydrogen-bond donors (Lipinski definition) is 0. The van der Waals surface area contributed by atoms with E-state index in [1.165, 1.54) is 53.4 Å². The molecule has 2 aromatic carbocycles. The van der Waals surface area contributed by atoms with Gasteiger partial charge in [-0.15, -0.1) is 11.3 Å². The van der Waals surface area contributed by atoms with Crippen LogP contribution in [0.15, 0.2) is 36.4 Å². The van der Waals surface area contributed by atoms with E-state index < -0.39 is 0 Å². The Balaban J connectivity index is 1.62. The fourth-order valence-electron chi connectivity index (χ4n) is 6.12. The highest BCUT2D eigenvalue weighted by atomic mass is 32.1.